The van der Waals surface area contributed by atoms with Gasteiger partial charge in [-0.25, -0.2) is 4.79 Å². The van der Waals surface area contributed by atoms with Crippen molar-refractivity contribution in [2.45, 2.75) is 19.4 Å². The molecule has 2 N–H and O–H groups in total. The van der Waals surface area contributed by atoms with Gasteiger partial charge < -0.3 is 14.6 Å². The summed E-state index contributed by atoms with van der Waals surface area (Å²) in [5.41, 5.74) is 1.32. The number of carboxylic acid groups (broad SMARTS) is 1. The molecular weight excluding hydrogens is 350 g/mol. The maximum Gasteiger partial charge on any atom is 0.354 e. The maximum absolute atomic E-state index is 13.0. The van der Waals surface area contributed by atoms with Crippen LogP contribution in [0.2, 0.25) is 0 Å². The molecule has 2 aromatic rings. The number of rotatable bonds is 7. The number of hydrogen-bond acceptors (Lipinski definition) is 6. The second kappa shape index (κ2) is 8.22. The topological polar surface area (TPSA) is 105 Å². The second-order valence-corrected chi connectivity index (χ2v) is 6.58. The molecule has 1 fully saturated rings. The van der Waals surface area contributed by atoms with E-state index in [1.54, 1.807) is 32.4 Å². The third kappa shape index (κ3) is 4.11. The fraction of sp³-hybridized carbons (Fsp3) is 0.421. The molecule has 1 atom stereocenters. The Morgan fingerprint density at radius 3 is 2.78 bits per heavy atom. The Morgan fingerprint density at radius 1 is 1.30 bits per heavy atom. The number of likely N-dealkylation sites (tertiary alicyclic amines) is 1. The van der Waals surface area contributed by atoms with Crippen molar-refractivity contribution in [2.75, 3.05) is 27.3 Å². The van der Waals surface area contributed by atoms with Crippen molar-refractivity contribution in [1.82, 2.24) is 15.1 Å². The van der Waals surface area contributed by atoms with Crippen LogP contribution in [0.3, 0.4) is 0 Å². The van der Waals surface area contributed by atoms with Gasteiger partial charge in [-0.3, -0.25) is 14.8 Å². The molecule has 2 heterocycles. The molecule has 0 aliphatic carbocycles. The van der Waals surface area contributed by atoms with Crippen molar-refractivity contribution >= 4 is 11.8 Å². The minimum atomic E-state index is -1.03. The Bertz CT molecular complexity index is 833. The Morgan fingerprint density at radius 2 is 2.07 bits per heavy atom. The van der Waals surface area contributed by atoms with E-state index in [1.165, 1.54) is 6.20 Å². The van der Waals surface area contributed by atoms with E-state index in [0.29, 0.717) is 35.7 Å². The lowest BCUT2D eigenvalue weighted by atomic mass is 9.89. The number of aromatic carboxylic acids is 1. The van der Waals surface area contributed by atoms with E-state index >= 15 is 0 Å². The molecule has 0 amide bonds. The van der Waals surface area contributed by atoms with Crippen LogP contribution in [0, 0.1) is 5.92 Å². The summed E-state index contributed by atoms with van der Waals surface area (Å²) < 4.78 is 10.5. The molecule has 27 heavy (non-hydrogen) atoms. The van der Waals surface area contributed by atoms with Crippen LogP contribution < -0.4 is 9.47 Å². The van der Waals surface area contributed by atoms with Crippen LogP contribution >= 0.6 is 0 Å². The maximum atomic E-state index is 13.0. The van der Waals surface area contributed by atoms with Crippen LogP contribution in [-0.2, 0) is 6.54 Å². The quantitative estimate of drug-likeness (QED) is 0.717. The number of piperidine rings is 1. The number of methoxy groups -OCH3 is 2. The average Bonchev–Trinajstić information content (AvgIpc) is 3.15. The Balaban J connectivity index is 1.71. The monoisotopic (exact) mass is 373 g/mol. The van der Waals surface area contributed by atoms with Gasteiger partial charge in [0.05, 0.1) is 20.4 Å². The highest BCUT2D eigenvalue weighted by atomic mass is 16.5. The normalized spacial score (nSPS) is 17.5. The molecule has 8 nitrogen and oxygen atoms in total. The fourth-order valence-corrected chi connectivity index (χ4v) is 3.50. The van der Waals surface area contributed by atoms with E-state index in [0.717, 1.165) is 19.4 Å². The van der Waals surface area contributed by atoms with Gasteiger partial charge in [0.15, 0.2) is 17.3 Å². The number of aromatic amines is 1. The number of carbonyl (C=O) groups is 2. The number of ketones is 1. The minimum Gasteiger partial charge on any atom is -0.493 e. The highest BCUT2D eigenvalue weighted by Crippen LogP contribution is 2.30. The summed E-state index contributed by atoms with van der Waals surface area (Å²) in [6.07, 6.45) is 3.22. The van der Waals surface area contributed by atoms with Crippen molar-refractivity contribution in [3.63, 3.8) is 0 Å². The number of benzene rings is 1. The first-order chi connectivity index (χ1) is 13.0. The van der Waals surface area contributed by atoms with Gasteiger partial charge in [-0.1, -0.05) is 0 Å². The third-order valence-corrected chi connectivity index (χ3v) is 4.87. The number of nitrogens with one attached hydrogen (secondary N) is 1. The molecule has 1 aromatic heterocycles. The van der Waals surface area contributed by atoms with E-state index in [-0.39, 0.29) is 17.4 Å². The number of aromatic nitrogens is 2. The molecule has 0 bridgehead atoms. The molecule has 1 aliphatic rings. The van der Waals surface area contributed by atoms with E-state index in [4.69, 9.17) is 9.47 Å². The van der Waals surface area contributed by atoms with Gasteiger partial charge in [0.2, 0.25) is 0 Å². The van der Waals surface area contributed by atoms with Gasteiger partial charge in [0, 0.05) is 30.1 Å². The molecule has 0 spiro atoms. The lowest BCUT2D eigenvalue weighted by molar-refractivity contribution is 0.0683. The first-order valence-corrected chi connectivity index (χ1v) is 8.77. The molecule has 144 valence electrons. The number of ether oxygens (including phenoxy) is 2. The Labute approximate surface area is 157 Å². The van der Waals surface area contributed by atoms with E-state index in [1.807, 2.05) is 0 Å². The number of nitrogens with zero attached hydrogens (tertiary/aromatic N) is 2. The Kier molecular flexibility index (Phi) is 5.75. The zero-order chi connectivity index (χ0) is 19.4. The summed E-state index contributed by atoms with van der Waals surface area (Å²) in [5, 5.41) is 15.5. The average molecular weight is 373 g/mol. The Hall–Kier alpha value is -2.87. The van der Waals surface area contributed by atoms with Gasteiger partial charge in [-0.15, -0.1) is 0 Å². The summed E-state index contributed by atoms with van der Waals surface area (Å²) in [6, 6.07) is 5.19. The molecule has 1 saturated heterocycles. The predicted molar refractivity (Wildman–Crippen MR) is 97.4 cm³/mol. The minimum absolute atomic E-state index is 0.0614. The van der Waals surface area contributed by atoms with E-state index in [2.05, 4.69) is 15.1 Å². The summed E-state index contributed by atoms with van der Waals surface area (Å²) in [4.78, 5) is 26.3. The number of Topliss-reactive ketones (excluding diaryl/α,β-unsaturated/α-hetero) is 1. The molecule has 0 radical (unpaired) electrons. The number of carboxylic acids is 1. The van der Waals surface area contributed by atoms with Crippen LogP contribution in [0.1, 0.15) is 39.3 Å². The predicted octanol–water partition coefficient (Wildman–Crippen LogP) is 2.22. The van der Waals surface area contributed by atoms with Crippen molar-refractivity contribution < 1.29 is 24.2 Å². The van der Waals surface area contributed by atoms with Gasteiger partial charge in [0.25, 0.3) is 0 Å². The third-order valence-electron chi connectivity index (χ3n) is 4.87. The molecule has 3 rings (SSSR count). The summed E-state index contributed by atoms with van der Waals surface area (Å²) in [7, 11) is 3.10. The molecule has 1 aromatic carbocycles. The smallest absolute Gasteiger partial charge is 0.354 e. The summed E-state index contributed by atoms with van der Waals surface area (Å²) >= 11 is 0. The molecule has 0 unspecified atom stereocenters. The van der Waals surface area contributed by atoms with Crippen molar-refractivity contribution in [3.05, 3.63) is 41.2 Å². The number of carbonyl (C=O) groups excluding carboxylic acids is 1. The standard InChI is InChI=1S/C19H23N3O5/c1-26-15-6-5-12(8-16(15)27-2)18(23)13-4-3-7-22(10-13)11-14-9-20-21-17(14)19(24)25/h5-6,8-9,13H,3-4,7,10-11H2,1-2H3,(H,20,21)(H,24,25)/t13-/m0/s1. The van der Waals surface area contributed by atoms with Crippen LogP contribution in [0.5, 0.6) is 11.5 Å². The fourth-order valence-electron chi connectivity index (χ4n) is 3.50. The van der Waals surface area contributed by atoms with Gasteiger partial charge in [-0.2, -0.15) is 5.10 Å². The summed E-state index contributed by atoms with van der Waals surface area (Å²) in [5.74, 6) is 0.00166. The van der Waals surface area contributed by atoms with E-state index in [9.17, 15) is 14.7 Å². The molecule has 8 heteroatoms. The van der Waals surface area contributed by atoms with Gasteiger partial charge >= 0.3 is 5.97 Å². The van der Waals surface area contributed by atoms with Gasteiger partial charge in [0.1, 0.15) is 5.69 Å². The lowest BCUT2D eigenvalue weighted by Gasteiger charge is -2.31. The number of H-pyrrole nitrogens is 1. The van der Waals surface area contributed by atoms with Gasteiger partial charge in [-0.05, 0) is 37.6 Å². The van der Waals surface area contributed by atoms with Crippen molar-refractivity contribution in [3.8, 4) is 11.5 Å². The zero-order valence-electron chi connectivity index (χ0n) is 15.4. The van der Waals surface area contributed by atoms with Crippen LogP contribution in [-0.4, -0.2) is 59.3 Å². The van der Waals surface area contributed by atoms with Crippen LogP contribution in [0.4, 0.5) is 0 Å². The highest BCUT2D eigenvalue weighted by molar-refractivity contribution is 5.98. The first-order valence-electron chi connectivity index (χ1n) is 8.77. The largest absolute Gasteiger partial charge is 0.493 e. The van der Waals surface area contributed by atoms with Crippen molar-refractivity contribution in [1.29, 1.82) is 0 Å². The summed E-state index contributed by atoms with van der Waals surface area (Å²) in [6.45, 7) is 1.85. The SMILES string of the molecule is COc1ccc(C(=O)[C@H]2CCCN(Cc3cn[nH]c3C(=O)O)C2)cc1OC. The van der Waals surface area contributed by atoms with E-state index < -0.39 is 5.97 Å². The second-order valence-electron chi connectivity index (χ2n) is 6.58. The zero-order valence-corrected chi connectivity index (χ0v) is 15.4. The number of hydrogen-bond donors (Lipinski definition) is 2. The van der Waals surface area contributed by atoms with Crippen molar-refractivity contribution in [2.24, 2.45) is 5.92 Å². The highest BCUT2D eigenvalue weighted by Gasteiger charge is 2.28. The van der Waals surface area contributed by atoms with Crippen LogP contribution in [0.15, 0.2) is 24.4 Å². The first kappa shape index (κ1) is 18.9. The van der Waals surface area contributed by atoms with Crippen LogP contribution in [0.25, 0.3) is 0 Å². The lowest BCUT2D eigenvalue weighted by Crippen LogP contribution is -2.38. The molecular formula is C19H23N3O5. The molecule has 1 aliphatic heterocycles. The molecule has 0 saturated carbocycles.